The number of alkyl halides is 1. The molecule has 1 aromatic rings. The molecule has 0 aromatic heterocycles. The predicted molar refractivity (Wildman–Crippen MR) is 58.9 cm³/mol. The molecule has 1 aliphatic rings. The van der Waals surface area contributed by atoms with Gasteiger partial charge >= 0.3 is 0 Å². The van der Waals surface area contributed by atoms with Crippen LogP contribution in [0.15, 0.2) is 30.3 Å². The minimum absolute atomic E-state index is 0.393. The van der Waals surface area contributed by atoms with Crippen LogP contribution < -0.4 is 0 Å². The van der Waals surface area contributed by atoms with Gasteiger partial charge < -0.3 is 4.90 Å². The SMILES string of the molecule is CCC#CN1CC(F)(c2ccccc2)C1. The number of rotatable bonds is 1. The van der Waals surface area contributed by atoms with Gasteiger partial charge in [-0.1, -0.05) is 43.2 Å². The van der Waals surface area contributed by atoms with E-state index in [1.54, 1.807) is 0 Å². The summed E-state index contributed by atoms with van der Waals surface area (Å²) in [6, 6.07) is 12.3. The lowest BCUT2D eigenvalue weighted by molar-refractivity contribution is 0.00156. The molecule has 1 aliphatic heterocycles. The van der Waals surface area contributed by atoms with Crippen molar-refractivity contribution in [2.45, 2.75) is 19.0 Å². The highest BCUT2D eigenvalue weighted by Gasteiger charge is 2.44. The van der Waals surface area contributed by atoms with Gasteiger partial charge in [0.25, 0.3) is 0 Å². The minimum Gasteiger partial charge on any atom is -0.325 e. The predicted octanol–water partition coefficient (Wildman–Crippen LogP) is 2.54. The summed E-state index contributed by atoms with van der Waals surface area (Å²) in [5, 5.41) is 0. The van der Waals surface area contributed by atoms with Crippen molar-refractivity contribution < 1.29 is 4.39 Å². The number of benzene rings is 1. The van der Waals surface area contributed by atoms with Crippen LogP contribution >= 0.6 is 0 Å². The second-order valence-electron chi connectivity index (χ2n) is 3.83. The number of hydrogen-bond donors (Lipinski definition) is 0. The van der Waals surface area contributed by atoms with E-state index in [4.69, 9.17) is 0 Å². The molecule has 1 fully saturated rings. The van der Waals surface area contributed by atoms with Gasteiger partial charge in [-0.25, -0.2) is 4.39 Å². The van der Waals surface area contributed by atoms with Crippen molar-refractivity contribution in [3.05, 3.63) is 35.9 Å². The first-order chi connectivity index (χ1) is 7.24. The summed E-state index contributed by atoms with van der Waals surface area (Å²) >= 11 is 0. The quantitative estimate of drug-likeness (QED) is 0.634. The zero-order valence-electron chi connectivity index (χ0n) is 8.83. The normalized spacial score (nSPS) is 17.6. The maximum atomic E-state index is 14.2. The van der Waals surface area contributed by atoms with Crippen LogP contribution in [0.25, 0.3) is 0 Å². The molecule has 0 amide bonds. The molecule has 1 saturated heterocycles. The van der Waals surface area contributed by atoms with E-state index >= 15 is 0 Å². The Kier molecular flexibility index (Phi) is 2.64. The molecule has 0 aliphatic carbocycles. The van der Waals surface area contributed by atoms with Crippen LogP contribution in [0.1, 0.15) is 18.9 Å². The molecular weight excluding hydrogens is 189 g/mol. The van der Waals surface area contributed by atoms with Gasteiger partial charge in [0.05, 0.1) is 13.1 Å². The zero-order valence-corrected chi connectivity index (χ0v) is 8.83. The Morgan fingerprint density at radius 3 is 2.60 bits per heavy atom. The van der Waals surface area contributed by atoms with Crippen LogP contribution in [0.5, 0.6) is 0 Å². The van der Waals surface area contributed by atoms with Gasteiger partial charge in [-0.15, -0.1) is 0 Å². The smallest absolute Gasteiger partial charge is 0.172 e. The van der Waals surface area contributed by atoms with Gasteiger partial charge in [0.15, 0.2) is 5.67 Å². The maximum Gasteiger partial charge on any atom is 0.172 e. The summed E-state index contributed by atoms with van der Waals surface area (Å²) in [6.45, 7) is 2.78. The molecule has 0 unspecified atom stereocenters. The molecule has 1 heterocycles. The summed E-state index contributed by atoms with van der Waals surface area (Å²) in [5.74, 6) is 2.95. The molecule has 0 radical (unpaired) electrons. The lowest BCUT2D eigenvalue weighted by Gasteiger charge is -2.42. The molecule has 0 bridgehead atoms. The third kappa shape index (κ3) is 1.97. The molecule has 0 saturated carbocycles. The van der Waals surface area contributed by atoms with E-state index in [0.29, 0.717) is 13.1 Å². The maximum absolute atomic E-state index is 14.2. The van der Waals surface area contributed by atoms with Crippen molar-refractivity contribution >= 4 is 0 Å². The molecule has 2 rings (SSSR count). The molecule has 0 N–H and O–H groups in total. The third-order valence-corrected chi connectivity index (χ3v) is 2.59. The van der Waals surface area contributed by atoms with Gasteiger partial charge in [-0.3, -0.25) is 0 Å². The van der Waals surface area contributed by atoms with Crippen LogP contribution in [-0.2, 0) is 5.67 Å². The summed E-state index contributed by atoms with van der Waals surface area (Å²) in [5.41, 5.74) is -0.427. The largest absolute Gasteiger partial charge is 0.325 e. The molecule has 2 heteroatoms. The summed E-state index contributed by atoms with van der Waals surface area (Å²) in [6.07, 6.45) is 0.821. The average Bonchev–Trinajstić information content (AvgIpc) is 2.24. The Bertz CT molecular complexity index is 382. The minimum atomic E-state index is -1.19. The van der Waals surface area contributed by atoms with Crippen LogP contribution in [0.2, 0.25) is 0 Å². The Morgan fingerprint density at radius 1 is 1.33 bits per heavy atom. The highest BCUT2D eigenvalue weighted by molar-refractivity contribution is 5.27. The molecular formula is C13H14FN. The zero-order chi connectivity index (χ0) is 10.7. The van der Waals surface area contributed by atoms with Crippen LogP contribution in [0.4, 0.5) is 4.39 Å². The highest BCUT2D eigenvalue weighted by atomic mass is 19.1. The lowest BCUT2D eigenvalue weighted by Crippen LogP contribution is -2.54. The van der Waals surface area contributed by atoms with Crippen LogP contribution in [-0.4, -0.2) is 18.0 Å². The van der Waals surface area contributed by atoms with Gasteiger partial charge in [-0.05, 0) is 5.56 Å². The first kappa shape index (κ1) is 10.0. The number of hydrogen-bond acceptors (Lipinski definition) is 1. The van der Waals surface area contributed by atoms with Crippen molar-refractivity contribution in [1.29, 1.82) is 0 Å². The number of likely N-dealkylation sites (tertiary alicyclic amines) is 1. The summed E-state index contributed by atoms with van der Waals surface area (Å²) in [4.78, 5) is 1.83. The monoisotopic (exact) mass is 203 g/mol. The fourth-order valence-electron chi connectivity index (χ4n) is 1.75. The van der Waals surface area contributed by atoms with Crippen molar-refractivity contribution in [3.63, 3.8) is 0 Å². The Balaban J connectivity index is 2.02. The van der Waals surface area contributed by atoms with E-state index in [1.807, 2.05) is 42.2 Å². The van der Waals surface area contributed by atoms with Gasteiger partial charge in [0, 0.05) is 12.5 Å². The van der Waals surface area contributed by atoms with Crippen LogP contribution in [0, 0.1) is 12.0 Å². The van der Waals surface area contributed by atoms with E-state index in [0.717, 1.165) is 12.0 Å². The van der Waals surface area contributed by atoms with E-state index in [2.05, 4.69) is 12.0 Å². The van der Waals surface area contributed by atoms with Gasteiger partial charge in [-0.2, -0.15) is 0 Å². The first-order valence-electron chi connectivity index (χ1n) is 5.22. The van der Waals surface area contributed by atoms with Crippen molar-refractivity contribution in [1.82, 2.24) is 4.90 Å². The number of nitrogens with zero attached hydrogens (tertiary/aromatic N) is 1. The summed E-state index contributed by atoms with van der Waals surface area (Å²) in [7, 11) is 0. The highest BCUT2D eigenvalue weighted by Crippen LogP contribution is 2.35. The summed E-state index contributed by atoms with van der Waals surface area (Å²) < 4.78 is 14.2. The lowest BCUT2D eigenvalue weighted by atomic mass is 9.88. The molecule has 0 spiro atoms. The van der Waals surface area contributed by atoms with Crippen LogP contribution in [0.3, 0.4) is 0 Å². The van der Waals surface area contributed by atoms with Gasteiger partial charge in [0.1, 0.15) is 0 Å². The second-order valence-corrected chi connectivity index (χ2v) is 3.83. The average molecular weight is 203 g/mol. The first-order valence-corrected chi connectivity index (χ1v) is 5.22. The Morgan fingerprint density at radius 2 is 2.00 bits per heavy atom. The van der Waals surface area contributed by atoms with Crippen molar-refractivity contribution in [2.24, 2.45) is 0 Å². The molecule has 1 nitrogen and oxygen atoms in total. The van der Waals surface area contributed by atoms with E-state index in [-0.39, 0.29) is 0 Å². The van der Waals surface area contributed by atoms with E-state index in [1.165, 1.54) is 0 Å². The fourth-order valence-corrected chi connectivity index (χ4v) is 1.75. The molecule has 1 aromatic carbocycles. The molecule has 15 heavy (non-hydrogen) atoms. The molecule has 0 atom stereocenters. The second kappa shape index (κ2) is 3.94. The molecule has 78 valence electrons. The van der Waals surface area contributed by atoms with Crippen molar-refractivity contribution in [3.8, 4) is 12.0 Å². The third-order valence-electron chi connectivity index (χ3n) is 2.59. The fraction of sp³-hybridized carbons (Fsp3) is 0.385. The topological polar surface area (TPSA) is 3.24 Å². The van der Waals surface area contributed by atoms with Crippen molar-refractivity contribution in [2.75, 3.05) is 13.1 Å². The number of halogens is 1. The Labute approximate surface area is 89.9 Å². The Hall–Kier alpha value is -1.49. The standard InChI is InChI=1S/C13H14FN/c1-2-3-9-15-10-13(14,11-15)12-7-5-4-6-8-12/h4-8H,2,10-11H2,1H3. The van der Waals surface area contributed by atoms with Gasteiger partial charge in [0.2, 0.25) is 0 Å². The van der Waals surface area contributed by atoms with E-state index < -0.39 is 5.67 Å². The van der Waals surface area contributed by atoms with E-state index in [9.17, 15) is 4.39 Å².